The van der Waals surface area contributed by atoms with Crippen molar-refractivity contribution >= 4 is 88.9 Å². The fraction of sp³-hybridized carbons (Fsp3) is 0.0811. The van der Waals surface area contributed by atoms with Crippen LogP contribution in [0.15, 0.2) is 146 Å². The van der Waals surface area contributed by atoms with Gasteiger partial charge in [-0.05, 0) is 86.6 Å². The molecule has 0 atom stereocenters. The van der Waals surface area contributed by atoms with Crippen molar-refractivity contribution in [1.29, 1.82) is 0 Å². The van der Waals surface area contributed by atoms with Crippen LogP contribution in [0, 0.1) is 0 Å². The molecule has 4 heterocycles. The quantitative estimate of drug-likeness (QED) is 0.158. The highest BCUT2D eigenvalue weighted by Gasteiger charge is 2.43. The fourth-order valence-corrected chi connectivity index (χ4v) is 8.32. The predicted molar refractivity (Wildman–Crippen MR) is 204 cm³/mol. The van der Waals surface area contributed by atoms with Crippen molar-refractivity contribution in [2.24, 2.45) is 0 Å². The molecule has 2 aliphatic rings. The molecule has 2 aromatic heterocycles. The largest absolute Gasteiger partial charge is 0.466 e. The Labute approximate surface area is 292 Å². The van der Waals surface area contributed by atoms with Crippen LogP contribution in [-0.2, 0) is 5.41 Å². The zero-order valence-corrected chi connectivity index (χ0v) is 29.1. The van der Waals surface area contributed by atoms with Gasteiger partial charge in [0.05, 0.1) is 34.1 Å². The van der Waals surface area contributed by atoms with Crippen LogP contribution >= 0.6 is 31.5 Å². The van der Waals surface area contributed by atoms with Gasteiger partial charge >= 0.3 is 11.6 Å². The summed E-state index contributed by atoms with van der Waals surface area (Å²) >= 11 is 8.04. The molecule has 0 radical (unpaired) electrons. The van der Waals surface area contributed by atoms with E-state index in [4.69, 9.17) is 9.97 Å². The standard InChI is InChI=1S/C37H30B2Br2N6/c1-37(2,33-23-13-25-35(42-33)46-31-21-11-9-19-29(31)44(38(46)40)27-15-5-3-6-16-27)34-24-14-26-36(43-34)47-32-22-12-10-20-30(32)45(39(47)41)28-17-7-4-8-18-28/h3-26H,1-2H3. The van der Waals surface area contributed by atoms with Crippen LogP contribution in [0.2, 0.25) is 0 Å². The molecule has 0 N–H and O–H groups in total. The minimum atomic E-state index is -0.480. The van der Waals surface area contributed by atoms with Gasteiger partial charge in [0, 0.05) is 16.8 Å². The fourth-order valence-electron chi connectivity index (χ4n) is 6.54. The minimum absolute atomic E-state index is 0.145. The molecule has 0 saturated heterocycles. The lowest BCUT2D eigenvalue weighted by Gasteiger charge is -2.29. The van der Waals surface area contributed by atoms with Crippen molar-refractivity contribution in [2.75, 3.05) is 19.2 Å². The van der Waals surface area contributed by atoms with Gasteiger partial charge in [0.25, 0.3) is 0 Å². The molecule has 8 rings (SSSR count). The van der Waals surface area contributed by atoms with E-state index in [1.165, 1.54) is 0 Å². The van der Waals surface area contributed by atoms with Crippen LogP contribution in [0.25, 0.3) is 0 Å². The normalized spacial score (nSPS) is 14.1. The first-order valence-electron chi connectivity index (χ1n) is 15.6. The number of hydrogen-bond acceptors (Lipinski definition) is 6. The minimum Gasteiger partial charge on any atom is -0.354 e. The molecule has 0 aliphatic carbocycles. The Hall–Kier alpha value is -4.53. The monoisotopic (exact) mass is 738 g/mol. The predicted octanol–water partition coefficient (Wildman–Crippen LogP) is 10.1. The summed E-state index contributed by atoms with van der Waals surface area (Å²) in [6, 6.07) is 50.4. The Bertz CT molecular complexity index is 1920. The molecule has 0 bridgehead atoms. The maximum absolute atomic E-state index is 5.31. The summed E-state index contributed by atoms with van der Waals surface area (Å²) in [6.45, 7) is 4.40. The number of nitrogens with zero attached hydrogens (tertiary/aromatic N) is 6. The van der Waals surface area contributed by atoms with E-state index in [1.807, 2.05) is 12.1 Å². The molecule has 47 heavy (non-hydrogen) atoms. The van der Waals surface area contributed by atoms with Gasteiger partial charge in [0.2, 0.25) is 0 Å². The summed E-state index contributed by atoms with van der Waals surface area (Å²) in [5.41, 5.74) is 8.08. The summed E-state index contributed by atoms with van der Waals surface area (Å²) in [5.74, 6) is 1.44. The molecular weight excluding hydrogens is 710 g/mol. The maximum atomic E-state index is 5.31. The van der Waals surface area contributed by atoms with Crippen molar-refractivity contribution < 1.29 is 0 Å². The van der Waals surface area contributed by atoms with Gasteiger partial charge < -0.3 is 19.2 Å². The molecule has 2 aliphatic heterocycles. The average molecular weight is 740 g/mol. The molecule has 0 fully saturated rings. The molecule has 4 aromatic carbocycles. The van der Waals surface area contributed by atoms with Gasteiger partial charge in [-0.3, -0.25) is 0 Å². The Morgan fingerprint density at radius 1 is 0.426 bits per heavy atom. The van der Waals surface area contributed by atoms with Gasteiger partial charge in [-0.2, -0.15) is 0 Å². The number of hydrogen-bond donors (Lipinski definition) is 0. The molecule has 6 aromatic rings. The lowest BCUT2D eigenvalue weighted by Crippen LogP contribution is -2.39. The van der Waals surface area contributed by atoms with Crippen molar-refractivity contribution in [2.45, 2.75) is 19.3 Å². The number of pyridine rings is 2. The lowest BCUT2D eigenvalue weighted by atomic mass is 9.84. The number of halogens is 2. The molecule has 6 nitrogen and oxygen atoms in total. The molecule has 0 saturated carbocycles. The highest BCUT2D eigenvalue weighted by Crippen LogP contribution is 2.49. The molecule has 0 spiro atoms. The van der Waals surface area contributed by atoms with Gasteiger partial charge in [-0.15, -0.1) is 0 Å². The number of fused-ring (bicyclic) bond motifs is 2. The van der Waals surface area contributed by atoms with Gasteiger partial charge in [0.15, 0.2) is 0 Å². The van der Waals surface area contributed by atoms with Gasteiger partial charge in [-0.25, -0.2) is 9.97 Å². The van der Waals surface area contributed by atoms with E-state index in [2.05, 4.69) is 198 Å². The smallest absolute Gasteiger partial charge is 0.354 e. The van der Waals surface area contributed by atoms with Crippen LogP contribution in [-0.4, -0.2) is 21.6 Å². The number of benzene rings is 4. The zero-order valence-electron chi connectivity index (χ0n) is 26.0. The highest BCUT2D eigenvalue weighted by molar-refractivity contribution is 9.25. The summed E-state index contributed by atoms with van der Waals surface area (Å²) in [4.78, 5) is 19.7. The van der Waals surface area contributed by atoms with E-state index in [9.17, 15) is 0 Å². The van der Waals surface area contributed by atoms with Crippen molar-refractivity contribution in [3.05, 3.63) is 157 Å². The van der Waals surface area contributed by atoms with Crippen LogP contribution in [0.5, 0.6) is 0 Å². The van der Waals surface area contributed by atoms with Crippen molar-refractivity contribution in [1.82, 2.24) is 9.97 Å². The second kappa shape index (κ2) is 11.9. The van der Waals surface area contributed by atoms with E-state index in [1.54, 1.807) is 0 Å². The second-order valence-electron chi connectivity index (χ2n) is 12.1. The van der Waals surface area contributed by atoms with E-state index in [0.717, 1.165) is 57.1 Å². The van der Waals surface area contributed by atoms with Crippen LogP contribution in [0.3, 0.4) is 0 Å². The highest BCUT2D eigenvalue weighted by atomic mass is 79.9. The molecule has 0 unspecified atom stereocenters. The lowest BCUT2D eigenvalue weighted by molar-refractivity contribution is 0.596. The average Bonchev–Trinajstić information content (AvgIpc) is 3.58. The van der Waals surface area contributed by atoms with E-state index >= 15 is 0 Å². The number of rotatable bonds is 6. The van der Waals surface area contributed by atoms with E-state index in [0.29, 0.717) is 0 Å². The second-order valence-corrected chi connectivity index (χ2v) is 13.8. The Morgan fingerprint density at radius 2 is 0.766 bits per heavy atom. The Balaban J connectivity index is 1.15. The van der Waals surface area contributed by atoms with Crippen LogP contribution < -0.4 is 19.2 Å². The first kappa shape index (κ1) is 29.8. The topological polar surface area (TPSA) is 38.7 Å². The number of aromatic nitrogens is 2. The molecule has 228 valence electrons. The van der Waals surface area contributed by atoms with Crippen molar-refractivity contribution in [3.8, 4) is 0 Å². The SMILES string of the molecule is CC(C)(c1cccc(N2B(Br)N(c3ccccc3)c3ccccc32)n1)c1cccc(N2B(Br)N(c3ccccc3)c3ccccc32)n1. The van der Waals surface area contributed by atoms with Gasteiger partial charge in [-0.1, -0.05) is 104 Å². The Morgan fingerprint density at radius 3 is 1.15 bits per heavy atom. The number of para-hydroxylation sites is 6. The van der Waals surface area contributed by atoms with Crippen LogP contribution in [0.1, 0.15) is 25.2 Å². The van der Waals surface area contributed by atoms with Crippen molar-refractivity contribution in [3.63, 3.8) is 0 Å². The third kappa shape index (κ3) is 5.02. The number of anilines is 8. The summed E-state index contributed by atoms with van der Waals surface area (Å²) in [7, 11) is 0. The van der Waals surface area contributed by atoms with E-state index in [-0.39, 0.29) is 11.6 Å². The van der Waals surface area contributed by atoms with Crippen LogP contribution in [0.4, 0.5) is 45.8 Å². The van der Waals surface area contributed by atoms with Gasteiger partial charge in [0.1, 0.15) is 11.6 Å². The Kier molecular flexibility index (Phi) is 7.57. The third-order valence-electron chi connectivity index (χ3n) is 8.97. The first-order valence-corrected chi connectivity index (χ1v) is 17.4. The third-order valence-corrected chi connectivity index (χ3v) is 10.6. The first-order chi connectivity index (χ1) is 22.9. The molecular formula is C37H30B2Br2N6. The summed E-state index contributed by atoms with van der Waals surface area (Å²) in [6.07, 6.45) is 0. The maximum Gasteiger partial charge on any atom is 0.466 e. The summed E-state index contributed by atoms with van der Waals surface area (Å²) < 4.78 is 0. The zero-order chi connectivity index (χ0) is 32.1. The molecule has 10 heteroatoms. The summed E-state index contributed by atoms with van der Waals surface area (Å²) in [5, 5.41) is 0. The molecule has 0 amide bonds. The van der Waals surface area contributed by atoms with E-state index < -0.39 is 5.41 Å².